The van der Waals surface area contributed by atoms with E-state index < -0.39 is 11.4 Å². The number of amides is 1. The monoisotopic (exact) mass is 347 g/mol. The number of para-hydroxylation sites is 1. The average molecular weight is 347 g/mol. The number of aliphatic carboxylic acids is 1. The van der Waals surface area contributed by atoms with Crippen LogP contribution in [0.1, 0.15) is 19.8 Å². The molecular formula is C19H25NO5. The van der Waals surface area contributed by atoms with Crippen LogP contribution in [0.4, 0.5) is 0 Å². The highest BCUT2D eigenvalue weighted by atomic mass is 16.5. The topological polar surface area (TPSA) is 76.1 Å². The predicted octanol–water partition coefficient (Wildman–Crippen LogP) is 2.04. The number of carbonyl (C=O) groups excluding carboxylic acids is 1. The van der Waals surface area contributed by atoms with Crippen molar-refractivity contribution >= 4 is 11.9 Å². The molecule has 1 aromatic rings. The number of rotatable bonds is 6. The first-order valence-electron chi connectivity index (χ1n) is 8.81. The van der Waals surface area contributed by atoms with Crippen LogP contribution in [0.25, 0.3) is 0 Å². The van der Waals surface area contributed by atoms with E-state index in [4.69, 9.17) is 9.47 Å². The van der Waals surface area contributed by atoms with Crippen molar-refractivity contribution in [2.24, 2.45) is 17.3 Å². The first-order valence-corrected chi connectivity index (χ1v) is 8.81. The maximum absolute atomic E-state index is 12.7. The Morgan fingerprint density at radius 2 is 2.16 bits per heavy atom. The Bertz CT molecular complexity index is 620. The molecule has 0 saturated carbocycles. The van der Waals surface area contributed by atoms with Crippen molar-refractivity contribution in [3.8, 4) is 5.75 Å². The Hall–Kier alpha value is -2.08. The Morgan fingerprint density at radius 3 is 2.84 bits per heavy atom. The van der Waals surface area contributed by atoms with Gasteiger partial charge in [0.05, 0.1) is 18.6 Å². The lowest BCUT2D eigenvalue weighted by molar-refractivity contribution is -0.157. The molecule has 3 atom stereocenters. The third-order valence-corrected chi connectivity index (χ3v) is 5.43. The van der Waals surface area contributed by atoms with E-state index in [1.807, 2.05) is 37.3 Å². The first-order chi connectivity index (χ1) is 12.0. The van der Waals surface area contributed by atoms with Gasteiger partial charge in [-0.05, 0) is 25.0 Å². The minimum Gasteiger partial charge on any atom is -0.494 e. The second kappa shape index (κ2) is 7.44. The number of nitrogens with zero attached hydrogens (tertiary/aromatic N) is 1. The maximum atomic E-state index is 12.7. The molecule has 25 heavy (non-hydrogen) atoms. The molecular weight excluding hydrogens is 322 g/mol. The van der Waals surface area contributed by atoms with Crippen molar-refractivity contribution in [2.45, 2.75) is 19.8 Å². The van der Waals surface area contributed by atoms with Gasteiger partial charge in [-0.1, -0.05) is 25.1 Å². The van der Waals surface area contributed by atoms with Gasteiger partial charge < -0.3 is 19.5 Å². The Balaban J connectivity index is 1.55. The van der Waals surface area contributed by atoms with E-state index in [2.05, 4.69) is 0 Å². The largest absolute Gasteiger partial charge is 0.494 e. The van der Waals surface area contributed by atoms with Crippen LogP contribution in [0.15, 0.2) is 30.3 Å². The Morgan fingerprint density at radius 1 is 1.40 bits per heavy atom. The predicted molar refractivity (Wildman–Crippen MR) is 91.3 cm³/mol. The van der Waals surface area contributed by atoms with E-state index in [-0.39, 0.29) is 17.7 Å². The second-order valence-electron chi connectivity index (χ2n) is 7.05. The summed E-state index contributed by atoms with van der Waals surface area (Å²) in [5.74, 6) is -0.328. The number of hydrogen-bond acceptors (Lipinski definition) is 4. The molecule has 2 aliphatic rings. The van der Waals surface area contributed by atoms with Crippen molar-refractivity contribution in [1.29, 1.82) is 0 Å². The van der Waals surface area contributed by atoms with E-state index in [0.717, 1.165) is 5.75 Å². The minimum absolute atomic E-state index is 0.00619. The number of ether oxygens (including phenoxy) is 2. The van der Waals surface area contributed by atoms with Gasteiger partial charge in [-0.15, -0.1) is 0 Å². The van der Waals surface area contributed by atoms with E-state index in [9.17, 15) is 14.7 Å². The summed E-state index contributed by atoms with van der Waals surface area (Å²) in [5.41, 5.74) is -0.839. The van der Waals surface area contributed by atoms with Gasteiger partial charge in [-0.25, -0.2) is 0 Å². The van der Waals surface area contributed by atoms with Crippen LogP contribution < -0.4 is 4.74 Å². The highest BCUT2D eigenvalue weighted by Crippen LogP contribution is 2.42. The molecule has 1 N–H and O–H groups in total. The Kier molecular flexibility index (Phi) is 5.27. The number of carboxylic acid groups (broad SMARTS) is 1. The molecule has 3 rings (SSSR count). The number of likely N-dealkylation sites (tertiary alicyclic amines) is 1. The lowest BCUT2D eigenvalue weighted by Crippen LogP contribution is -2.45. The van der Waals surface area contributed by atoms with Crippen molar-refractivity contribution in [3.63, 3.8) is 0 Å². The summed E-state index contributed by atoms with van der Waals surface area (Å²) in [6.45, 7) is 3.96. The fourth-order valence-corrected chi connectivity index (χ4v) is 3.77. The molecule has 6 heteroatoms. The van der Waals surface area contributed by atoms with Crippen LogP contribution in [0.5, 0.6) is 5.75 Å². The van der Waals surface area contributed by atoms with Crippen LogP contribution in [-0.2, 0) is 14.3 Å². The molecule has 2 saturated heterocycles. The van der Waals surface area contributed by atoms with Crippen molar-refractivity contribution in [3.05, 3.63) is 30.3 Å². The van der Waals surface area contributed by atoms with Gasteiger partial charge in [0, 0.05) is 31.5 Å². The lowest BCUT2D eigenvalue weighted by Gasteiger charge is -2.33. The molecule has 0 aliphatic carbocycles. The minimum atomic E-state index is -0.839. The number of carbonyl (C=O) groups is 2. The van der Waals surface area contributed by atoms with Gasteiger partial charge in [-0.3, -0.25) is 9.59 Å². The molecule has 6 nitrogen and oxygen atoms in total. The van der Waals surface area contributed by atoms with Gasteiger partial charge in [0.15, 0.2) is 0 Å². The van der Waals surface area contributed by atoms with Crippen LogP contribution in [-0.4, -0.2) is 54.8 Å². The number of hydrogen-bond donors (Lipinski definition) is 1. The van der Waals surface area contributed by atoms with Crippen molar-refractivity contribution in [1.82, 2.24) is 4.90 Å². The molecule has 0 aromatic heterocycles. The fourth-order valence-electron chi connectivity index (χ4n) is 3.77. The van der Waals surface area contributed by atoms with Gasteiger partial charge in [-0.2, -0.15) is 0 Å². The van der Waals surface area contributed by atoms with Crippen LogP contribution in [0.3, 0.4) is 0 Å². The van der Waals surface area contributed by atoms with Crippen molar-refractivity contribution in [2.75, 3.05) is 32.9 Å². The van der Waals surface area contributed by atoms with Crippen LogP contribution in [0, 0.1) is 17.3 Å². The van der Waals surface area contributed by atoms with Gasteiger partial charge >= 0.3 is 5.97 Å². The van der Waals surface area contributed by atoms with E-state index in [0.29, 0.717) is 45.8 Å². The number of fused-ring (bicyclic) bond motifs is 1. The number of carboxylic acids is 1. The quantitative estimate of drug-likeness (QED) is 0.852. The van der Waals surface area contributed by atoms with Gasteiger partial charge in [0.25, 0.3) is 0 Å². The summed E-state index contributed by atoms with van der Waals surface area (Å²) in [7, 11) is 0. The summed E-state index contributed by atoms with van der Waals surface area (Å²) in [6, 6.07) is 9.50. The SMILES string of the molecule is CC(CCOc1ccccc1)C(=O)N1C[C@H]2COCC[C@@]2(C(=O)O)C1. The maximum Gasteiger partial charge on any atom is 0.311 e. The highest BCUT2D eigenvalue weighted by molar-refractivity contribution is 5.82. The van der Waals surface area contributed by atoms with E-state index in [1.165, 1.54) is 0 Å². The Labute approximate surface area is 147 Å². The molecule has 2 aliphatic heterocycles. The zero-order valence-corrected chi connectivity index (χ0v) is 14.5. The molecule has 0 bridgehead atoms. The molecule has 0 radical (unpaired) electrons. The molecule has 0 spiro atoms. The molecule has 1 amide bonds. The molecule has 1 aromatic carbocycles. The molecule has 2 heterocycles. The molecule has 136 valence electrons. The van der Waals surface area contributed by atoms with Crippen molar-refractivity contribution < 1.29 is 24.2 Å². The van der Waals surface area contributed by atoms with Gasteiger partial charge in [0.1, 0.15) is 5.75 Å². The molecule has 1 unspecified atom stereocenters. The van der Waals surface area contributed by atoms with E-state index in [1.54, 1.807) is 4.90 Å². The summed E-state index contributed by atoms with van der Waals surface area (Å²) in [6.07, 6.45) is 1.08. The second-order valence-corrected chi connectivity index (χ2v) is 7.05. The number of benzene rings is 1. The average Bonchev–Trinajstić information content (AvgIpc) is 3.03. The van der Waals surface area contributed by atoms with E-state index >= 15 is 0 Å². The highest BCUT2D eigenvalue weighted by Gasteiger charge is 2.55. The standard InChI is InChI=1S/C19H25NO5/c1-14(7-9-25-16-5-3-2-4-6-16)17(21)20-11-15-12-24-10-8-19(15,13-20)18(22)23/h2-6,14-15H,7-13H2,1H3,(H,22,23)/t14?,15-,19+/m0/s1. The third kappa shape index (κ3) is 3.63. The van der Waals surface area contributed by atoms with Crippen LogP contribution >= 0.6 is 0 Å². The summed E-state index contributed by atoms with van der Waals surface area (Å²) in [4.78, 5) is 26.3. The van der Waals surface area contributed by atoms with Gasteiger partial charge in [0.2, 0.25) is 5.91 Å². The summed E-state index contributed by atoms with van der Waals surface area (Å²) < 4.78 is 11.1. The smallest absolute Gasteiger partial charge is 0.311 e. The lowest BCUT2D eigenvalue weighted by atomic mass is 9.74. The molecule has 2 fully saturated rings. The van der Waals surface area contributed by atoms with Crippen LogP contribution in [0.2, 0.25) is 0 Å². The zero-order chi connectivity index (χ0) is 17.9. The fraction of sp³-hybridized carbons (Fsp3) is 0.579. The first kappa shape index (κ1) is 17.7. The zero-order valence-electron chi connectivity index (χ0n) is 14.5. The summed E-state index contributed by atoms with van der Waals surface area (Å²) in [5, 5.41) is 9.69. The normalized spacial score (nSPS) is 26.8. The summed E-state index contributed by atoms with van der Waals surface area (Å²) >= 11 is 0. The third-order valence-electron chi connectivity index (χ3n) is 5.43.